The van der Waals surface area contributed by atoms with E-state index in [0.29, 0.717) is 0 Å². The molecule has 0 aliphatic heterocycles. The summed E-state index contributed by atoms with van der Waals surface area (Å²) in [6.45, 7) is 0. The first kappa shape index (κ1) is 11.3. The first-order valence-electron chi connectivity index (χ1n) is 5.66. The predicted molar refractivity (Wildman–Crippen MR) is 70.1 cm³/mol. The lowest BCUT2D eigenvalue weighted by Crippen LogP contribution is -1.93. The molecule has 17 heavy (non-hydrogen) atoms. The highest BCUT2D eigenvalue weighted by Crippen LogP contribution is 2.03. The molecule has 1 heteroatoms. The summed E-state index contributed by atoms with van der Waals surface area (Å²) in [4.78, 5) is 11.7. The monoisotopic (exact) mass is 222 g/mol. The van der Waals surface area contributed by atoms with Crippen molar-refractivity contribution in [1.82, 2.24) is 0 Å². The van der Waals surface area contributed by atoms with Gasteiger partial charge in [-0.1, -0.05) is 66.7 Å². The summed E-state index contributed by atoms with van der Waals surface area (Å²) >= 11 is 0. The Morgan fingerprint density at radius 1 is 0.882 bits per heavy atom. The van der Waals surface area contributed by atoms with Crippen molar-refractivity contribution >= 4 is 5.78 Å². The van der Waals surface area contributed by atoms with Gasteiger partial charge in [0.25, 0.3) is 0 Å². The third-order valence-corrected chi connectivity index (χ3v) is 2.52. The molecule has 84 valence electrons. The maximum absolute atomic E-state index is 11.7. The van der Waals surface area contributed by atoms with Gasteiger partial charge in [0.2, 0.25) is 0 Å². The van der Waals surface area contributed by atoms with E-state index in [9.17, 15) is 4.79 Å². The molecule has 2 aromatic rings. The van der Waals surface area contributed by atoms with Gasteiger partial charge in [0.05, 0.1) is 0 Å². The van der Waals surface area contributed by atoms with Crippen molar-refractivity contribution in [3.05, 3.63) is 83.9 Å². The van der Waals surface area contributed by atoms with Crippen LogP contribution in [0.3, 0.4) is 0 Å². The molecule has 0 saturated heterocycles. The van der Waals surface area contributed by atoms with Gasteiger partial charge in [-0.25, -0.2) is 0 Å². The van der Waals surface area contributed by atoms with E-state index < -0.39 is 0 Å². The average molecular weight is 222 g/mol. The Morgan fingerprint density at radius 2 is 1.47 bits per heavy atom. The highest BCUT2D eigenvalue weighted by molar-refractivity contribution is 6.04. The number of rotatable bonds is 4. The first-order valence-corrected chi connectivity index (χ1v) is 5.66. The lowest BCUT2D eigenvalue weighted by Gasteiger charge is -1.95. The van der Waals surface area contributed by atoms with E-state index in [1.165, 1.54) is 5.56 Å². The van der Waals surface area contributed by atoms with Crippen LogP contribution in [-0.2, 0) is 6.42 Å². The molecule has 0 N–H and O–H groups in total. The van der Waals surface area contributed by atoms with Crippen molar-refractivity contribution in [2.75, 3.05) is 0 Å². The van der Waals surface area contributed by atoms with Crippen LogP contribution < -0.4 is 0 Å². The molecule has 0 bridgehead atoms. The summed E-state index contributed by atoms with van der Waals surface area (Å²) < 4.78 is 0. The van der Waals surface area contributed by atoms with E-state index in [1.54, 1.807) is 6.08 Å². The SMILES string of the molecule is O=C(C=CCc1ccccc1)c1ccccc1. The molecule has 2 aromatic carbocycles. The van der Waals surface area contributed by atoms with Gasteiger partial charge >= 0.3 is 0 Å². The Labute approximate surface area is 101 Å². The van der Waals surface area contributed by atoms with Gasteiger partial charge in [-0.15, -0.1) is 0 Å². The maximum Gasteiger partial charge on any atom is 0.185 e. The first-order chi connectivity index (χ1) is 8.36. The molecule has 0 saturated carbocycles. The van der Waals surface area contributed by atoms with Crippen molar-refractivity contribution in [2.24, 2.45) is 0 Å². The third-order valence-electron chi connectivity index (χ3n) is 2.52. The fourth-order valence-corrected chi connectivity index (χ4v) is 1.61. The van der Waals surface area contributed by atoms with Crippen LogP contribution in [0.15, 0.2) is 72.8 Å². The van der Waals surface area contributed by atoms with Gasteiger partial charge < -0.3 is 0 Å². The van der Waals surface area contributed by atoms with Crippen LogP contribution in [0.2, 0.25) is 0 Å². The van der Waals surface area contributed by atoms with Gasteiger partial charge in [-0.3, -0.25) is 4.79 Å². The van der Waals surface area contributed by atoms with Crippen molar-refractivity contribution in [3.8, 4) is 0 Å². The number of ketones is 1. The topological polar surface area (TPSA) is 17.1 Å². The molecule has 0 fully saturated rings. The van der Waals surface area contributed by atoms with Gasteiger partial charge in [0.1, 0.15) is 0 Å². The van der Waals surface area contributed by atoms with Crippen molar-refractivity contribution in [2.45, 2.75) is 6.42 Å². The summed E-state index contributed by atoms with van der Waals surface area (Å²) in [6.07, 6.45) is 4.34. The second-order valence-electron chi connectivity index (χ2n) is 3.82. The number of hydrogen-bond acceptors (Lipinski definition) is 1. The number of carbonyl (C=O) groups is 1. The zero-order chi connectivity index (χ0) is 11.9. The van der Waals surface area contributed by atoms with E-state index >= 15 is 0 Å². The second kappa shape index (κ2) is 5.80. The van der Waals surface area contributed by atoms with E-state index in [0.717, 1.165) is 12.0 Å². The summed E-state index contributed by atoms with van der Waals surface area (Å²) in [6, 6.07) is 19.4. The molecule has 0 radical (unpaired) electrons. The fourth-order valence-electron chi connectivity index (χ4n) is 1.61. The number of allylic oxidation sites excluding steroid dienone is 2. The molecule has 0 aliphatic rings. The zero-order valence-electron chi connectivity index (χ0n) is 9.54. The minimum Gasteiger partial charge on any atom is -0.289 e. The van der Waals surface area contributed by atoms with Gasteiger partial charge in [0.15, 0.2) is 5.78 Å². The molecular formula is C16H14O. The normalized spacial score (nSPS) is 10.6. The molecule has 0 aromatic heterocycles. The van der Waals surface area contributed by atoms with Crippen LogP contribution in [0, 0.1) is 0 Å². The second-order valence-corrected chi connectivity index (χ2v) is 3.82. The van der Waals surface area contributed by atoms with Crippen LogP contribution in [0.1, 0.15) is 15.9 Å². The molecule has 0 amide bonds. The summed E-state index contributed by atoms with van der Waals surface area (Å²) in [7, 11) is 0. The highest BCUT2D eigenvalue weighted by Gasteiger charge is 1.98. The van der Waals surface area contributed by atoms with Crippen LogP contribution in [0.4, 0.5) is 0 Å². The molecule has 0 spiro atoms. The quantitative estimate of drug-likeness (QED) is 0.570. The molecule has 0 aliphatic carbocycles. The Morgan fingerprint density at radius 3 is 2.12 bits per heavy atom. The molecule has 1 nitrogen and oxygen atoms in total. The average Bonchev–Trinajstić information content (AvgIpc) is 2.41. The largest absolute Gasteiger partial charge is 0.289 e. The van der Waals surface area contributed by atoms with Crippen molar-refractivity contribution in [1.29, 1.82) is 0 Å². The Balaban J connectivity index is 1.96. The minimum absolute atomic E-state index is 0.0570. The predicted octanol–water partition coefficient (Wildman–Crippen LogP) is 3.67. The number of hydrogen-bond donors (Lipinski definition) is 0. The highest BCUT2D eigenvalue weighted by atomic mass is 16.1. The zero-order valence-corrected chi connectivity index (χ0v) is 9.54. The lowest BCUT2D eigenvalue weighted by atomic mass is 10.1. The molecule has 0 heterocycles. The fraction of sp³-hybridized carbons (Fsp3) is 0.0625. The van der Waals surface area contributed by atoms with E-state index in [1.807, 2.05) is 54.6 Å². The Kier molecular flexibility index (Phi) is 3.87. The third kappa shape index (κ3) is 3.42. The molecule has 0 unspecified atom stereocenters. The van der Waals surface area contributed by atoms with Gasteiger partial charge in [-0.05, 0) is 18.1 Å². The summed E-state index contributed by atoms with van der Waals surface area (Å²) in [5.74, 6) is 0.0570. The van der Waals surface area contributed by atoms with Crippen LogP contribution in [-0.4, -0.2) is 5.78 Å². The summed E-state index contributed by atoms with van der Waals surface area (Å²) in [5, 5.41) is 0. The Hall–Kier alpha value is -2.15. The number of benzene rings is 2. The van der Waals surface area contributed by atoms with E-state index in [4.69, 9.17) is 0 Å². The van der Waals surface area contributed by atoms with Crippen LogP contribution in [0.25, 0.3) is 0 Å². The van der Waals surface area contributed by atoms with Crippen molar-refractivity contribution in [3.63, 3.8) is 0 Å². The maximum atomic E-state index is 11.7. The standard InChI is InChI=1S/C16H14O/c17-16(15-11-5-2-6-12-15)13-7-10-14-8-3-1-4-9-14/h1-9,11-13H,10H2. The van der Waals surface area contributed by atoms with Crippen LogP contribution >= 0.6 is 0 Å². The van der Waals surface area contributed by atoms with Gasteiger partial charge in [0, 0.05) is 5.56 Å². The molecular weight excluding hydrogens is 208 g/mol. The Bertz CT molecular complexity index is 498. The van der Waals surface area contributed by atoms with Crippen molar-refractivity contribution < 1.29 is 4.79 Å². The number of carbonyl (C=O) groups excluding carboxylic acids is 1. The van der Waals surface area contributed by atoms with E-state index in [-0.39, 0.29) is 5.78 Å². The minimum atomic E-state index is 0.0570. The smallest absolute Gasteiger partial charge is 0.185 e. The van der Waals surface area contributed by atoms with Gasteiger partial charge in [-0.2, -0.15) is 0 Å². The molecule has 0 atom stereocenters. The molecule has 2 rings (SSSR count). The van der Waals surface area contributed by atoms with E-state index in [2.05, 4.69) is 12.1 Å². The van der Waals surface area contributed by atoms with Crippen LogP contribution in [0.5, 0.6) is 0 Å². The summed E-state index contributed by atoms with van der Waals surface area (Å²) in [5.41, 5.74) is 1.95. The lowest BCUT2D eigenvalue weighted by molar-refractivity contribution is 0.104.